The number of carbonyl (C=O) groups is 1. The summed E-state index contributed by atoms with van der Waals surface area (Å²) in [6.45, 7) is 1.93. The summed E-state index contributed by atoms with van der Waals surface area (Å²) in [6, 6.07) is 19.9. The van der Waals surface area contributed by atoms with E-state index in [9.17, 15) is 18.0 Å². The molecule has 2 aromatic carbocycles. The maximum absolute atomic E-state index is 14.8. The van der Waals surface area contributed by atoms with Crippen LogP contribution in [0.15, 0.2) is 66.7 Å². The van der Waals surface area contributed by atoms with Gasteiger partial charge in [0.2, 0.25) is 0 Å². The molecule has 1 fully saturated rings. The summed E-state index contributed by atoms with van der Waals surface area (Å²) >= 11 is 1.45. The van der Waals surface area contributed by atoms with Crippen LogP contribution in [-0.4, -0.2) is 53.6 Å². The number of aromatic nitrogens is 1. The van der Waals surface area contributed by atoms with Gasteiger partial charge >= 0.3 is 0 Å². The highest BCUT2D eigenvalue weighted by atomic mass is 32.1. The number of alkyl halides is 3. The molecule has 200 valence electrons. The molecule has 2 atom stereocenters. The third-order valence-electron chi connectivity index (χ3n) is 6.84. The Hall–Kier alpha value is -3.30. The van der Waals surface area contributed by atoms with Crippen LogP contribution in [0.25, 0.3) is 21.5 Å². The zero-order chi connectivity index (χ0) is 26.9. The lowest BCUT2D eigenvalue weighted by atomic mass is 10.0. The third kappa shape index (κ3) is 5.89. The number of rotatable bonds is 8. The maximum atomic E-state index is 14.8. The zero-order valence-electron chi connectivity index (χ0n) is 21.4. The Morgan fingerprint density at radius 1 is 1.11 bits per heavy atom. The number of fused-ring (bicyclic) bond motifs is 1. The monoisotopic (exact) mass is 540 g/mol. The first-order valence-electron chi connectivity index (χ1n) is 12.7. The van der Waals surface area contributed by atoms with Crippen molar-refractivity contribution >= 4 is 33.8 Å². The van der Waals surface area contributed by atoms with Crippen LogP contribution in [0.3, 0.4) is 0 Å². The molecule has 2 aromatic heterocycles. The fourth-order valence-corrected chi connectivity index (χ4v) is 5.92. The molecule has 0 radical (unpaired) electrons. The number of benzene rings is 2. The molecular formula is C29H31F3N4OS. The molecule has 0 unspecified atom stereocenters. The number of carbonyl (C=O) groups excluding carboxylic acids is 1. The molecule has 1 amide bonds. The van der Waals surface area contributed by atoms with Gasteiger partial charge in [-0.15, -0.1) is 11.3 Å². The first-order chi connectivity index (χ1) is 18.2. The molecule has 38 heavy (non-hydrogen) atoms. The molecule has 0 spiro atoms. The molecule has 1 aliphatic heterocycles. The van der Waals surface area contributed by atoms with Gasteiger partial charge in [0.1, 0.15) is 6.17 Å². The average molecular weight is 541 g/mol. The number of thiophene rings is 1. The Labute approximate surface area is 224 Å². The van der Waals surface area contributed by atoms with Crippen molar-refractivity contribution in [3.05, 3.63) is 77.2 Å². The molecule has 0 saturated carbocycles. The fourth-order valence-electron chi connectivity index (χ4n) is 4.95. The molecule has 0 bridgehead atoms. The average Bonchev–Trinajstić information content (AvgIpc) is 3.49. The summed E-state index contributed by atoms with van der Waals surface area (Å²) in [5, 5.41) is 7.06. The Morgan fingerprint density at radius 3 is 2.63 bits per heavy atom. The van der Waals surface area contributed by atoms with Crippen molar-refractivity contribution in [2.24, 2.45) is 0 Å². The first-order valence-corrected chi connectivity index (χ1v) is 13.5. The van der Waals surface area contributed by atoms with Crippen molar-refractivity contribution in [1.29, 1.82) is 0 Å². The van der Waals surface area contributed by atoms with E-state index in [0.717, 1.165) is 34.3 Å². The van der Waals surface area contributed by atoms with Crippen molar-refractivity contribution in [3.8, 4) is 10.6 Å². The van der Waals surface area contributed by atoms with Crippen molar-refractivity contribution in [2.75, 3.05) is 25.5 Å². The summed E-state index contributed by atoms with van der Waals surface area (Å²) < 4.78 is 45.0. The smallest absolute Gasteiger partial charge is 0.262 e. The number of anilines is 1. The Morgan fingerprint density at radius 2 is 1.89 bits per heavy atom. The molecule has 0 aliphatic carbocycles. The minimum absolute atomic E-state index is 0.170. The van der Waals surface area contributed by atoms with Crippen molar-refractivity contribution in [3.63, 3.8) is 0 Å². The number of hydrogen-bond acceptors (Lipinski definition) is 4. The number of hydrogen-bond donors (Lipinski definition) is 2. The van der Waals surface area contributed by atoms with Gasteiger partial charge in [-0.05, 0) is 55.9 Å². The number of nitrogens with zero attached hydrogens (tertiary/aromatic N) is 2. The molecule has 3 heterocycles. The molecular weight excluding hydrogens is 509 g/mol. The molecule has 5 rings (SSSR count). The van der Waals surface area contributed by atoms with E-state index < -0.39 is 18.6 Å². The van der Waals surface area contributed by atoms with E-state index >= 15 is 0 Å². The zero-order valence-corrected chi connectivity index (χ0v) is 22.2. The summed E-state index contributed by atoms with van der Waals surface area (Å²) in [5.41, 5.74) is 2.66. The Kier molecular flexibility index (Phi) is 7.49. The van der Waals surface area contributed by atoms with E-state index in [1.807, 2.05) is 66.5 Å². The van der Waals surface area contributed by atoms with Gasteiger partial charge in [-0.3, -0.25) is 4.79 Å². The van der Waals surface area contributed by atoms with Crippen LogP contribution in [0.2, 0.25) is 0 Å². The topological polar surface area (TPSA) is 49.3 Å². The van der Waals surface area contributed by atoms with Crippen LogP contribution in [0, 0.1) is 0 Å². The molecule has 9 heteroatoms. The lowest BCUT2D eigenvalue weighted by molar-refractivity contribution is 0.00550. The van der Waals surface area contributed by atoms with Crippen molar-refractivity contribution < 1.29 is 18.0 Å². The van der Waals surface area contributed by atoms with Gasteiger partial charge in [0.15, 0.2) is 0 Å². The predicted octanol–water partition coefficient (Wildman–Crippen LogP) is 6.41. The van der Waals surface area contributed by atoms with Crippen molar-refractivity contribution in [2.45, 2.75) is 44.6 Å². The summed E-state index contributed by atoms with van der Waals surface area (Å²) in [5.74, 6) is -3.10. The maximum Gasteiger partial charge on any atom is 0.262 e. The minimum Gasteiger partial charge on any atom is -0.379 e. The van der Waals surface area contributed by atoms with Gasteiger partial charge in [0.05, 0.1) is 35.2 Å². The summed E-state index contributed by atoms with van der Waals surface area (Å²) in [6.07, 6.45) is -0.353. The molecule has 1 aliphatic rings. The SMILES string of the molecule is CN1CC[C@H](Nc2cccc3c2cc(-c2ccc(CNC(=O)c4ccccc4)s2)n3CC(C)(F)F)[C@H](F)C1. The molecule has 5 nitrogen and oxygen atoms in total. The van der Waals surface area contributed by atoms with Gasteiger partial charge in [-0.25, -0.2) is 13.2 Å². The standard InChI is InChI=1S/C29H31F3N4OS/c1-29(31,32)18-36-25-10-6-9-23(34-24-13-14-35(2)17-22(24)30)21(25)15-26(36)27-12-11-20(38-27)16-33-28(37)19-7-4-3-5-8-19/h3-12,15,22,24,34H,13-14,16-18H2,1-2H3,(H,33,37)/t22-,24+/m1/s1. The first kappa shape index (κ1) is 26.3. The van der Waals surface area contributed by atoms with Crippen LogP contribution in [-0.2, 0) is 13.1 Å². The largest absolute Gasteiger partial charge is 0.379 e. The van der Waals surface area contributed by atoms with E-state index in [0.29, 0.717) is 36.3 Å². The van der Waals surface area contributed by atoms with Gasteiger partial charge in [0.25, 0.3) is 11.8 Å². The molecule has 2 N–H and O–H groups in total. The number of nitrogens with one attached hydrogen (secondary N) is 2. The lowest BCUT2D eigenvalue weighted by Crippen LogP contribution is -2.46. The highest BCUT2D eigenvalue weighted by Crippen LogP contribution is 2.38. The van der Waals surface area contributed by atoms with Crippen LogP contribution >= 0.6 is 11.3 Å². The lowest BCUT2D eigenvalue weighted by Gasteiger charge is -2.33. The number of likely N-dealkylation sites (tertiary alicyclic amines) is 1. The van der Waals surface area contributed by atoms with Gasteiger partial charge in [0, 0.05) is 41.5 Å². The van der Waals surface area contributed by atoms with Gasteiger partial charge < -0.3 is 20.1 Å². The summed E-state index contributed by atoms with van der Waals surface area (Å²) in [7, 11) is 1.91. The van der Waals surface area contributed by atoms with Crippen LogP contribution in [0.5, 0.6) is 0 Å². The highest BCUT2D eigenvalue weighted by molar-refractivity contribution is 7.15. The van der Waals surface area contributed by atoms with E-state index in [1.54, 1.807) is 16.7 Å². The van der Waals surface area contributed by atoms with Crippen LogP contribution < -0.4 is 10.6 Å². The number of piperidine rings is 1. The number of amides is 1. The second kappa shape index (κ2) is 10.8. The van der Waals surface area contributed by atoms with Crippen LogP contribution in [0.1, 0.15) is 28.6 Å². The van der Waals surface area contributed by atoms with Gasteiger partial charge in [-0.2, -0.15) is 0 Å². The van der Waals surface area contributed by atoms with E-state index in [4.69, 9.17) is 0 Å². The fraction of sp³-hybridized carbons (Fsp3) is 0.345. The number of halogens is 3. The predicted molar refractivity (Wildman–Crippen MR) is 148 cm³/mol. The second-order valence-electron chi connectivity index (χ2n) is 10.1. The summed E-state index contributed by atoms with van der Waals surface area (Å²) in [4.78, 5) is 16.1. The second-order valence-corrected chi connectivity index (χ2v) is 11.2. The van der Waals surface area contributed by atoms with E-state index in [-0.39, 0.29) is 11.9 Å². The minimum atomic E-state index is -2.92. The Balaban J connectivity index is 1.44. The quantitative estimate of drug-likeness (QED) is 0.272. The van der Waals surface area contributed by atoms with Gasteiger partial charge in [-0.1, -0.05) is 24.3 Å². The third-order valence-corrected chi connectivity index (χ3v) is 7.95. The highest BCUT2D eigenvalue weighted by Gasteiger charge is 2.29. The molecule has 1 saturated heterocycles. The van der Waals surface area contributed by atoms with E-state index in [1.165, 1.54) is 11.3 Å². The van der Waals surface area contributed by atoms with E-state index in [2.05, 4.69) is 10.6 Å². The van der Waals surface area contributed by atoms with Crippen molar-refractivity contribution in [1.82, 2.24) is 14.8 Å². The molecule has 4 aromatic rings. The van der Waals surface area contributed by atoms with Crippen LogP contribution in [0.4, 0.5) is 18.9 Å². The normalized spacial score (nSPS) is 18.6. The Bertz CT molecular complexity index is 1410.